The van der Waals surface area contributed by atoms with Gasteiger partial charge in [-0.1, -0.05) is 41.9 Å². The Hall–Kier alpha value is -2.37. The smallest absolute Gasteiger partial charge is 0.241 e. The number of amides is 2. The van der Waals surface area contributed by atoms with E-state index in [2.05, 4.69) is 15.5 Å². The van der Waals surface area contributed by atoms with Crippen molar-refractivity contribution >= 4 is 29.1 Å². The fourth-order valence-electron chi connectivity index (χ4n) is 3.42. The molecule has 2 amide bonds. The first kappa shape index (κ1) is 20.4. The van der Waals surface area contributed by atoms with Crippen LogP contribution in [0.3, 0.4) is 0 Å². The quantitative estimate of drug-likeness (QED) is 0.778. The predicted octanol–water partition coefficient (Wildman–Crippen LogP) is 3.70. The maximum absolute atomic E-state index is 12.5. The summed E-state index contributed by atoms with van der Waals surface area (Å²) in [4.78, 5) is 27.1. The maximum Gasteiger partial charge on any atom is 0.241 e. The predicted molar refractivity (Wildman–Crippen MR) is 112 cm³/mol. The minimum Gasteiger partial charge on any atom is -0.352 e. The Kier molecular flexibility index (Phi) is 7.06. The molecule has 2 aromatic carbocycles. The van der Waals surface area contributed by atoms with Gasteiger partial charge in [0.2, 0.25) is 11.8 Å². The third-order valence-electron chi connectivity index (χ3n) is 5.25. The van der Waals surface area contributed by atoms with E-state index < -0.39 is 0 Å². The summed E-state index contributed by atoms with van der Waals surface area (Å²) in [5.41, 5.74) is 1.83. The molecule has 0 unspecified atom stereocenters. The van der Waals surface area contributed by atoms with E-state index in [1.165, 1.54) is 0 Å². The lowest BCUT2D eigenvalue weighted by Gasteiger charge is -2.34. The van der Waals surface area contributed by atoms with Gasteiger partial charge in [0.15, 0.2) is 0 Å². The lowest BCUT2D eigenvalue weighted by atomic mass is 9.94. The van der Waals surface area contributed by atoms with Gasteiger partial charge >= 0.3 is 0 Å². The van der Waals surface area contributed by atoms with Gasteiger partial charge < -0.3 is 10.6 Å². The van der Waals surface area contributed by atoms with Crippen molar-refractivity contribution in [2.24, 2.45) is 5.92 Å². The second kappa shape index (κ2) is 9.71. The fraction of sp³-hybridized carbons (Fsp3) is 0.364. The molecule has 2 N–H and O–H groups in total. The van der Waals surface area contributed by atoms with Gasteiger partial charge in [-0.2, -0.15) is 0 Å². The highest BCUT2D eigenvalue weighted by Gasteiger charge is 2.29. The molecule has 0 saturated carbocycles. The number of halogens is 1. The van der Waals surface area contributed by atoms with Crippen molar-refractivity contribution in [2.45, 2.75) is 32.4 Å². The molecule has 1 aliphatic heterocycles. The normalized spacial score (nSPS) is 16.4. The number of hydrogen-bond acceptors (Lipinski definition) is 3. The van der Waals surface area contributed by atoms with Gasteiger partial charge in [0.25, 0.3) is 0 Å². The average Bonchev–Trinajstić information content (AvgIpc) is 2.74. The zero-order valence-electron chi connectivity index (χ0n) is 16.0. The molecule has 0 spiro atoms. The summed E-state index contributed by atoms with van der Waals surface area (Å²) in [5.74, 6) is 0.0579. The first-order chi connectivity index (χ1) is 13.5. The molecule has 28 heavy (non-hydrogen) atoms. The van der Waals surface area contributed by atoms with Crippen molar-refractivity contribution in [3.05, 3.63) is 65.2 Å². The third-order valence-corrected chi connectivity index (χ3v) is 5.50. The molecular formula is C22H26ClN3O2. The lowest BCUT2D eigenvalue weighted by Crippen LogP contribution is -2.48. The molecule has 1 aliphatic rings. The van der Waals surface area contributed by atoms with Crippen LogP contribution in [-0.2, 0) is 16.1 Å². The Balaban J connectivity index is 1.44. The first-order valence-corrected chi connectivity index (χ1v) is 10.0. The van der Waals surface area contributed by atoms with E-state index in [-0.39, 0.29) is 23.8 Å². The molecule has 5 nitrogen and oxygen atoms in total. The SMILES string of the molecule is C[C@@H](C(=O)Nc1ccc(Cl)cc1)N1CCC(C(=O)NCc2ccccc2)CC1. The Labute approximate surface area is 171 Å². The summed E-state index contributed by atoms with van der Waals surface area (Å²) in [6, 6.07) is 16.7. The number of piperidine rings is 1. The first-order valence-electron chi connectivity index (χ1n) is 9.65. The molecule has 0 aliphatic carbocycles. The number of hydrogen-bond donors (Lipinski definition) is 2. The molecule has 3 rings (SSSR count). The van der Waals surface area contributed by atoms with Crippen LogP contribution in [0.25, 0.3) is 0 Å². The van der Waals surface area contributed by atoms with E-state index in [0.29, 0.717) is 11.6 Å². The average molecular weight is 400 g/mol. The number of carbonyl (C=O) groups is 2. The highest BCUT2D eigenvalue weighted by atomic mass is 35.5. The maximum atomic E-state index is 12.5. The Morgan fingerprint density at radius 3 is 2.36 bits per heavy atom. The molecule has 1 atom stereocenters. The van der Waals surface area contributed by atoms with Crippen molar-refractivity contribution in [1.29, 1.82) is 0 Å². The van der Waals surface area contributed by atoms with E-state index in [1.807, 2.05) is 37.3 Å². The molecule has 0 aromatic heterocycles. The van der Waals surface area contributed by atoms with Crippen LogP contribution >= 0.6 is 11.6 Å². The summed E-state index contributed by atoms with van der Waals surface area (Å²) in [6.45, 7) is 3.93. The number of likely N-dealkylation sites (tertiary alicyclic amines) is 1. The Bertz CT molecular complexity index is 787. The van der Waals surface area contributed by atoms with Crippen molar-refractivity contribution in [3.63, 3.8) is 0 Å². The van der Waals surface area contributed by atoms with Gasteiger partial charge in [0.1, 0.15) is 0 Å². The van der Waals surface area contributed by atoms with Crippen molar-refractivity contribution in [2.75, 3.05) is 18.4 Å². The van der Waals surface area contributed by atoms with Crippen LogP contribution in [0.5, 0.6) is 0 Å². The van der Waals surface area contributed by atoms with Crippen LogP contribution in [0.15, 0.2) is 54.6 Å². The second-order valence-corrected chi connectivity index (χ2v) is 7.62. The molecule has 1 fully saturated rings. The number of rotatable bonds is 6. The summed E-state index contributed by atoms with van der Waals surface area (Å²) in [7, 11) is 0. The van der Waals surface area contributed by atoms with Gasteiger partial charge in [-0.25, -0.2) is 0 Å². The molecule has 1 heterocycles. The minimum absolute atomic E-state index is 0.00601. The third kappa shape index (κ3) is 5.57. The standard InChI is InChI=1S/C22H26ClN3O2/c1-16(21(27)25-20-9-7-19(23)8-10-20)26-13-11-18(12-14-26)22(28)24-15-17-5-3-2-4-6-17/h2-10,16,18H,11-15H2,1H3,(H,24,28)(H,25,27)/t16-/m0/s1. The molecule has 0 bridgehead atoms. The van der Waals surface area contributed by atoms with Crippen molar-refractivity contribution < 1.29 is 9.59 Å². The number of carbonyl (C=O) groups excluding carboxylic acids is 2. The summed E-state index contributed by atoms with van der Waals surface area (Å²) < 4.78 is 0. The molecule has 148 valence electrons. The Morgan fingerprint density at radius 1 is 1.07 bits per heavy atom. The lowest BCUT2D eigenvalue weighted by molar-refractivity contribution is -0.127. The van der Waals surface area contributed by atoms with Crippen molar-refractivity contribution in [1.82, 2.24) is 10.2 Å². The summed E-state index contributed by atoms with van der Waals surface area (Å²) in [6.07, 6.45) is 1.53. The molecule has 1 saturated heterocycles. The van der Waals surface area contributed by atoms with Crippen LogP contribution < -0.4 is 10.6 Å². The van der Waals surface area contributed by atoms with Crippen LogP contribution in [0.4, 0.5) is 5.69 Å². The van der Waals surface area contributed by atoms with Gasteiger partial charge in [-0.05, 0) is 62.7 Å². The fourth-order valence-corrected chi connectivity index (χ4v) is 3.55. The van der Waals surface area contributed by atoms with Gasteiger partial charge in [-0.3, -0.25) is 14.5 Å². The molecule has 0 radical (unpaired) electrons. The highest BCUT2D eigenvalue weighted by molar-refractivity contribution is 6.30. The number of nitrogens with zero attached hydrogens (tertiary/aromatic N) is 1. The van der Waals surface area contributed by atoms with Gasteiger partial charge in [-0.15, -0.1) is 0 Å². The highest BCUT2D eigenvalue weighted by Crippen LogP contribution is 2.20. The van der Waals surface area contributed by atoms with Crippen LogP contribution in [0.2, 0.25) is 5.02 Å². The number of anilines is 1. The second-order valence-electron chi connectivity index (χ2n) is 7.19. The monoisotopic (exact) mass is 399 g/mol. The van der Waals surface area contributed by atoms with Crippen LogP contribution in [0.1, 0.15) is 25.3 Å². The van der Waals surface area contributed by atoms with E-state index in [0.717, 1.165) is 37.2 Å². The zero-order valence-corrected chi connectivity index (χ0v) is 16.8. The summed E-state index contributed by atoms with van der Waals surface area (Å²) in [5, 5.41) is 6.58. The molecule has 2 aromatic rings. The van der Waals surface area contributed by atoms with E-state index in [9.17, 15) is 9.59 Å². The van der Waals surface area contributed by atoms with Crippen molar-refractivity contribution in [3.8, 4) is 0 Å². The largest absolute Gasteiger partial charge is 0.352 e. The minimum atomic E-state index is -0.246. The van der Waals surface area contributed by atoms with Crippen LogP contribution in [0, 0.1) is 5.92 Å². The van der Waals surface area contributed by atoms with Gasteiger partial charge in [0.05, 0.1) is 6.04 Å². The van der Waals surface area contributed by atoms with E-state index >= 15 is 0 Å². The summed E-state index contributed by atoms with van der Waals surface area (Å²) >= 11 is 5.88. The van der Waals surface area contributed by atoms with E-state index in [1.54, 1.807) is 24.3 Å². The number of nitrogens with one attached hydrogen (secondary N) is 2. The van der Waals surface area contributed by atoms with Crippen LogP contribution in [-0.4, -0.2) is 35.8 Å². The molecule has 6 heteroatoms. The molecular weight excluding hydrogens is 374 g/mol. The Morgan fingerprint density at radius 2 is 1.71 bits per heavy atom. The van der Waals surface area contributed by atoms with Gasteiger partial charge in [0, 0.05) is 23.2 Å². The zero-order chi connectivity index (χ0) is 19.9. The van der Waals surface area contributed by atoms with E-state index in [4.69, 9.17) is 11.6 Å². The topological polar surface area (TPSA) is 61.4 Å². The number of benzene rings is 2.